The average molecular weight is 295 g/mol. The maximum absolute atomic E-state index is 14.1. The molecule has 0 radical (unpaired) electrons. The highest BCUT2D eigenvalue weighted by atomic mass is 19.1. The molecule has 1 aliphatic rings. The minimum absolute atomic E-state index is 0.0945. The van der Waals surface area contributed by atoms with Crippen LogP contribution in [0.2, 0.25) is 0 Å². The Morgan fingerprint density at radius 3 is 2.86 bits per heavy atom. The van der Waals surface area contributed by atoms with Gasteiger partial charge in [-0.15, -0.1) is 0 Å². The Kier molecular flexibility index (Phi) is 4.67. The largest absolute Gasteiger partial charge is 0.465 e. The number of esters is 1. The van der Waals surface area contributed by atoms with Gasteiger partial charge in [0.2, 0.25) is 0 Å². The highest BCUT2D eigenvalue weighted by Crippen LogP contribution is 2.27. The van der Waals surface area contributed by atoms with E-state index in [4.69, 9.17) is 5.73 Å². The number of likely N-dealkylation sites (tertiary alicyclic amines) is 1. The quantitative estimate of drug-likeness (QED) is 0.675. The maximum atomic E-state index is 14.1. The van der Waals surface area contributed by atoms with Gasteiger partial charge in [-0.3, -0.25) is 0 Å². The first kappa shape index (κ1) is 15.6. The summed E-state index contributed by atoms with van der Waals surface area (Å²) >= 11 is 0. The van der Waals surface area contributed by atoms with Crippen molar-refractivity contribution in [2.24, 2.45) is 5.92 Å². The van der Waals surface area contributed by atoms with Gasteiger partial charge in [-0.25, -0.2) is 9.18 Å². The summed E-state index contributed by atoms with van der Waals surface area (Å²) in [7, 11) is 5.19. The summed E-state index contributed by atoms with van der Waals surface area (Å²) < 4.78 is 18.8. The van der Waals surface area contributed by atoms with E-state index in [-0.39, 0.29) is 11.3 Å². The van der Waals surface area contributed by atoms with Crippen LogP contribution in [-0.2, 0) is 4.74 Å². The number of nitrogens with zero attached hydrogens (tertiary/aromatic N) is 2. The van der Waals surface area contributed by atoms with Crippen molar-refractivity contribution >= 4 is 17.3 Å². The number of carbonyl (C=O) groups is 1. The monoisotopic (exact) mass is 295 g/mol. The average Bonchev–Trinajstić information content (AvgIpc) is 2.83. The number of nitrogens with two attached hydrogens (primary N) is 1. The first-order chi connectivity index (χ1) is 9.92. The Balaban J connectivity index is 2.19. The van der Waals surface area contributed by atoms with Gasteiger partial charge in [-0.2, -0.15) is 0 Å². The molecule has 1 aromatic carbocycles. The predicted octanol–water partition coefficient (Wildman–Crippen LogP) is 1.58. The van der Waals surface area contributed by atoms with Crippen molar-refractivity contribution in [2.75, 3.05) is 51.5 Å². The highest BCUT2D eigenvalue weighted by Gasteiger charge is 2.23. The molecule has 0 aliphatic carbocycles. The fraction of sp³-hybridized carbons (Fsp3) is 0.533. The zero-order chi connectivity index (χ0) is 15.6. The van der Waals surface area contributed by atoms with Crippen LogP contribution in [0.1, 0.15) is 16.8 Å². The van der Waals surface area contributed by atoms with E-state index in [9.17, 15) is 9.18 Å². The number of anilines is 2. The summed E-state index contributed by atoms with van der Waals surface area (Å²) in [6, 6.07) is 2.65. The van der Waals surface area contributed by atoms with Crippen LogP contribution in [0.4, 0.5) is 15.8 Å². The maximum Gasteiger partial charge on any atom is 0.340 e. The summed E-state index contributed by atoms with van der Waals surface area (Å²) in [6.07, 6.45) is 1.10. The van der Waals surface area contributed by atoms with E-state index in [1.807, 2.05) is 11.9 Å². The zero-order valence-electron chi connectivity index (χ0n) is 12.7. The Morgan fingerprint density at radius 2 is 2.29 bits per heavy atom. The van der Waals surface area contributed by atoms with Crippen molar-refractivity contribution in [1.29, 1.82) is 0 Å². The third-order valence-corrected chi connectivity index (χ3v) is 3.96. The second-order valence-corrected chi connectivity index (χ2v) is 5.68. The molecule has 0 saturated carbocycles. The molecule has 116 valence electrons. The summed E-state index contributed by atoms with van der Waals surface area (Å²) in [6.45, 7) is 2.81. The first-order valence-corrected chi connectivity index (χ1v) is 6.99. The van der Waals surface area contributed by atoms with E-state index in [0.29, 0.717) is 11.6 Å². The lowest BCUT2D eigenvalue weighted by Gasteiger charge is -2.24. The van der Waals surface area contributed by atoms with Gasteiger partial charge in [0.1, 0.15) is 5.82 Å². The lowest BCUT2D eigenvalue weighted by atomic mass is 10.1. The second kappa shape index (κ2) is 6.30. The van der Waals surface area contributed by atoms with E-state index >= 15 is 0 Å². The third kappa shape index (κ3) is 3.44. The molecule has 0 spiro atoms. The number of hydrogen-bond donors (Lipinski definition) is 1. The number of benzene rings is 1. The first-order valence-electron chi connectivity index (χ1n) is 6.99. The van der Waals surface area contributed by atoms with Crippen LogP contribution < -0.4 is 10.6 Å². The number of hydrogen-bond acceptors (Lipinski definition) is 5. The van der Waals surface area contributed by atoms with Gasteiger partial charge in [0, 0.05) is 25.8 Å². The van der Waals surface area contributed by atoms with Crippen molar-refractivity contribution in [2.45, 2.75) is 6.42 Å². The summed E-state index contributed by atoms with van der Waals surface area (Å²) in [4.78, 5) is 15.8. The highest BCUT2D eigenvalue weighted by molar-refractivity contribution is 5.96. The molecule has 1 aromatic rings. The van der Waals surface area contributed by atoms with Crippen LogP contribution in [0.25, 0.3) is 0 Å². The topological polar surface area (TPSA) is 58.8 Å². The van der Waals surface area contributed by atoms with E-state index < -0.39 is 11.8 Å². The lowest BCUT2D eigenvalue weighted by Crippen LogP contribution is -2.28. The van der Waals surface area contributed by atoms with Gasteiger partial charge in [0.25, 0.3) is 0 Å². The SMILES string of the molecule is COC(=O)c1cc(N(C)CC2CCN(C)C2)c(F)cc1N. The second-order valence-electron chi connectivity index (χ2n) is 5.68. The Bertz CT molecular complexity index is 536. The molecule has 1 atom stereocenters. The standard InChI is InChI=1S/C15H22FN3O2/c1-18-5-4-10(8-18)9-19(2)14-6-11(15(20)21-3)13(17)7-12(14)16/h6-7,10H,4-5,8-9,17H2,1-3H3. The van der Waals surface area contributed by atoms with Crippen LogP contribution >= 0.6 is 0 Å². The van der Waals surface area contributed by atoms with Crippen molar-refractivity contribution in [1.82, 2.24) is 4.90 Å². The Morgan fingerprint density at radius 1 is 1.57 bits per heavy atom. The molecule has 1 aliphatic heterocycles. The molecule has 0 amide bonds. The van der Waals surface area contributed by atoms with Crippen molar-refractivity contribution in [3.63, 3.8) is 0 Å². The van der Waals surface area contributed by atoms with Gasteiger partial charge >= 0.3 is 5.97 Å². The number of rotatable bonds is 4. The molecular weight excluding hydrogens is 273 g/mol. The van der Waals surface area contributed by atoms with Gasteiger partial charge in [0.15, 0.2) is 0 Å². The van der Waals surface area contributed by atoms with Crippen molar-refractivity contribution < 1.29 is 13.9 Å². The van der Waals surface area contributed by atoms with Crippen LogP contribution in [0.5, 0.6) is 0 Å². The summed E-state index contributed by atoms with van der Waals surface area (Å²) in [5.74, 6) is -0.477. The molecule has 5 nitrogen and oxygen atoms in total. The molecule has 0 aromatic heterocycles. The van der Waals surface area contributed by atoms with Gasteiger partial charge < -0.3 is 20.3 Å². The normalized spacial score (nSPS) is 18.8. The molecule has 6 heteroatoms. The van der Waals surface area contributed by atoms with Crippen LogP contribution in [0, 0.1) is 11.7 Å². The van der Waals surface area contributed by atoms with Crippen molar-refractivity contribution in [3.05, 3.63) is 23.5 Å². The molecule has 21 heavy (non-hydrogen) atoms. The molecule has 2 rings (SSSR count). The van der Waals surface area contributed by atoms with Gasteiger partial charge in [0.05, 0.1) is 18.4 Å². The van der Waals surface area contributed by atoms with Gasteiger partial charge in [-0.05, 0) is 38.1 Å². The fourth-order valence-corrected chi connectivity index (χ4v) is 2.82. The fourth-order valence-electron chi connectivity index (χ4n) is 2.82. The van der Waals surface area contributed by atoms with Crippen molar-refractivity contribution in [3.8, 4) is 0 Å². The minimum Gasteiger partial charge on any atom is -0.465 e. The lowest BCUT2D eigenvalue weighted by molar-refractivity contribution is 0.0602. The summed E-state index contributed by atoms with van der Waals surface area (Å²) in [5.41, 5.74) is 6.35. The number of methoxy groups -OCH3 is 1. The molecule has 1 heterocycles. The minimum atomic E-state index is -0.553. The zero-order valence-corrected chi connectivity index (χ0v) is 12.7. The number of nitrogen functional groups attached to an aromatic ring is 1. The van der Waals surface area contributed by atoms with Crippen LogP contribution in [-0.4, -0.2) is 51.7 Å². The van der Waals surface area contributed by atoms with E-state index in [1.165, 1.54) is 19.2 Å². The molecule has 1 saturated heterocycles. The molecule has 2 N–H and O–H groups in total. The molecule has 1 unspecified atom stereocenters. The molecule has 1 fully saturated rings. The van der Waals surface area contributed by atoms with Crippen LogP contribution in [0.15, 0.2) is 12.1 Å². The van der Waals surface area contributed by atoms with E-state index in [0.717, 1.165) is 26.1 Å². The molecule has 0 bridgehead atoms. The van der Waals surface area contributed by atoms with Gasteiger partial charge in [-0.1, -0.05) is 0 Å². The Labute approximate surface area is 124 Å². The predicted molar refractivity (Wildman–Crippen MR) is 81.0 cm³/mol. The van der Waals surface area contributed by atoms with E-state index in [1.54, 1.807) is 0 Å². The van der Waals surface area contributed by atoms with Crippen LogP contribution in [0.3, 0.4) is 0 Å². The summed E-state index contributed by atoms with van der Waals surface area (Å²) in [5, 5.41) is 0. The van der Waals surface area contributed by atoms with E-state index in [2.05, 4.69) is 16.7 Å². The number of carbonyl (C=O) groups excluding carboxylic acids is 1. The Hall–Kier alpha value is -1.82. The number of ether oxygens (including phenoxy) is 1. The smallest absolute Gasteiger partial charge is 0.340 e. The number of halogens is 1. The third-order valence-electron chi connectivity index (χ3n) is 3.96. The molecular formula is C15H22FN3O2.